The first-order valence-electron chi connectivity index (χ1n) is 7.97. The van der Waals surface area contributed by atoms with Crippen LogP contribution in [0.1, 0.15) is 18.0 Å². The summed E-state index contributed by atoms with van der Waals surface area (Å²) < 4.78 is 0. The molecule has 3 rings (SSSR count). The van der Waals surface area contributed by atoms with E-state index >= 15 is 0 Å². The lowest BCUT2D eigenvalue weighted by atomic mass is 10.0. The van der Waals surface area contributed by atoms with Crippen molar-refractivity contribution >= 4 is 11.7 Å². The minimum atomic E-state index is -0.337. The molecule has 0 aliphatic carbocycles. The summed E-state index contributed by atoms with van der Waals surface area (Å²) in [5, 5.41) is 3.36. The molecule has 0 radical (unpaired) electrons. The summed E-state index contributed by atoms with van der Waals surface area (Å²) in [4.78, 5) is 18.4. The van der Waals surface area contributed by atoms with E-state index in [4.69, 9.17) is 5.73 Å². The maximum Gasteiger partial charge on any atom is 0.239 e. The van der Waals surface area contributed by atoms with Gasteiger partial charge in [-0.15, -0.1) is 0 Å². The maximum absolute atomic E-state index is 11.9. The van der Waals surface area contributed by atoms with Gasteiger partial charge < -0.3 is 11.1 Å². The van der Waals surface area contributed by atoms with Crippen molar-refractivity contribution in [3.63, 3.8) is 0 Å². The number of hydrogen-bond donors (Lipinski definition) is 2. The molecule has 0 bridgehead atoms. The summed E-state index contributed by atoms with van der Waals surface area (Å²) in [6, 6.07) is 15.3. The minimum Gasteiger partial charge on any atom is -0.370 e. The third-order valence-corrected chi connectivity index (χ3v) is 4.30. The molecule has 0 saturated carbocycles. The van der Waals surface area contributed by atoms with Gasteiger partial charge in [0.25, 0.3) is 0 Å². The number of anilines is 1. The molecule has 1 saturated heterocycles. The number of aromatic nitrogens is 1. The summed E-state index contributed by atoms with van der Waals surface area (Å²) in [5.74, 6) is 1.09. The highest BCUT2D eigenvalue weighted by atomic mass is 16.1. The molecule has 5 heteroatoms. The molecular formula is C18H22N4O. The topological polar surface area (TPSA) is 71.2 Å². The molecule has 0 spiro atoms. The van der Waals surface area contributed by atoms with Crippen molar-refractivity contribution in [1.82, 2.24) is 9.88 Å². The van der Waals surface area contributed by atoms with E-state index in [1.54, 1.807) is 6.20 Å². The first-order valence-corrected chi connectivity index (χ1v) is 7.97. The number of hydrogen-bond acceptors (Lipinski definition) is 4. The van der Waals surface area contributed by atoms with E-state index in [1.807, 2.05) is 48.5 Å². The predicted molar refractivity (Wildman–Crippen MR) is 90.8 cm³/mol. The number of carbonyl (C=O) groups is 1. The molecule has 3 N–H and O–H groups in total. The van der Waals surface area contributed by atoms with Gasteiger partial charge in [-0.3, -0.25) is 9.69 Å². The Morgan fingerprint density at radius 2 is 2.04 bits per heavy atom. The van der Waals surface area contributed by atoms with E-state index in [1.165, 1.54) is 0 Å². The van der Waals surface area contributed by atoms with Crippen LogP contribution in [0.4, 0.5) is 5.82 Å². The van der Waals surface area contributed by atoms with E-state index in [-0.39, 0.29) is 11.9 Å². The van der Waals surface area contributed by atoms with Crippen molar-refractivity contribution < 1.29 is 4.79 Å². The third-order valence-electron chi connectivity index (χ3n) is 4.30. The lowest BCUT2D eigenvalue weighted by Gasteiger charge is -2.25. The van der Waals surface area contributed by atoms with Crippen molar-refractivity contribution in [2.24, 2.45) is 11.7 Å². The molecule has 2 aromatic rings. The summed E-state index contributed by atoms with van der Waals surface area (Å²) in [5.41, 5.74) is 6.62. The second kappa shape index (κ2) is 7.24. The van der Waals surface area contributed by atoms with E-state index < -0.39 is 0 Å². The van der Waals surface area contributed by atoms with Gasteiger partial charge in [0.2, 0.25) is 5.91 Å². The van der Waals surface area contributed by atoms with E-state index in [0.717, 1.165) is 37.4 Å². The average molecular weight is 310 g/mol. The Balaban J connectivity index is 1.60. The van der Waals surface area contributed by atoms with Crippen molar-refractivity contribution in [2.75, 3.05) is 25.0 Å². The van der Waals surface area contributed by atoms with Crippen LogP contribution in [0.2, 0.25) is 0 Å². The molecule has 23 heavy (non-hydrogen) atoms. The minimum absolute atomic E-state index is 0.283. The SMILES string of the molecule is NC(=O)[C@@H](c1ccccc1)N1CC[C@@H](CNc2ccccn2)C1. The molecule has 1 amide bonds. The first-order chi connectivity index (χ1) is 11.2. The molecule has 120 valence electrons. The largest absolute Gasteiger partial charge is 0.370 e. The number of benzene rings is 1. The lowest BCUT2D eigenvalue weighted by molar-refractivity contribution is -0.123. The molecule has 1 aliphatic heterocycles. The molecular weight excluding hydrogens is 288 g/mol. The van der Waals surface area contributed by atoms with Gasteiger partial charge in [-0.05, 0) is 36.6 Å². The smallest absolute Gasteiger partial charge is 0.239 e. The highest BCUT2D eigenvalue weighted by molar-refractivity contribution is 5.81. The quantitative estimate of drug-likeness (QED) is 0.856. The van der Waals surface area contributed by atoms with Crippen LogP contribution < -0.4 is 11.1 Å². The van der Waals surface area contributed by atoms with E-state index in [2.05, 4.69) is 15.2 Å². The molecule has 5 nitrogen and oxygen atoms in total. The zero-order valence-corrected chi connectivity index (χ0v) is 13.1. The van der Waals surface area contributed by atoms with Crippen LogP contribution in [0.5, 0.6) is 0 Å². The van der Waals surface area contributed by atoms with Gasteiger partial charge >= 0.3 is 0 Å². The Morgan fingerprint density at radius 3 is 2.74 bits per heavy atom. The van der Waals surface area contributed by atoms with Crippen molar-refractivity contribution in [3.8, 4) is 0 Å². The molecule has 1 fully saturated rings. The van der Waals surface area contributed by atoms with Crippen LogP contribution in [0.15, 0.2) is 54.7 Å². The number of pyridine rings is 1. The van der Waals surface area contributed by atoms with Gasteiger partial charge in [-0.25, -0.2) is 4.98 Å². The van der Waals surface area contributed by atoms with E-state index in [9.17, 15) is 4.79 Å². The van der Waals surface area contributed by atoms with Gasteiger partial charge in [0.05, 0.1) is 0 Å². The number of primary amides is 1. The van der Waals surface area contributed by atoms with Crippen LogP contribution in [0.3, 0.4) is 0 Å². The van der Waals surface area contributed by atoms with Crippen LogP contribution in [0, 0.1) is 5.92 Å². The number of nitrogens with zero attached hydrogens (tertiary/aromatic N) is 2. The molecule has 1 aliphatic rings. The standard InChI is InChI=1S/C18H22N4O/c19-18(23)17(15-6-2-1-3-7-15)22-11-9-14(13-22)12-21-16-8-4-5-10-20-16/h1-8,10,14,17H,9,11-13H2,(H2,19,23)(H,20,21)/t14-,17+/m0/s1. The number of carbonyl (C=O) groups excluding carboxylic acids is 1. The summed E-state index contributed by atoms with van der Waals surface area (Å²) >= 11 is 0. The van der Waals surface area contributed by atoms with Gasteiger partial charge in [0.15, 0.2) is 0 Å². The monoisotopic (exact) mass is 310 g/mol. The predicted octanol–water partition coefficient (Wildman–Crippen LogP) is 2.04. The van der Waals surface area contributed by atoms with Crippen LogP contribution in [-0.4, -0.2) is 35.4 Å². The Labute approximate surface area is 136 Å². The Morgan fingerprint density at radius 1 is 1.26 bits per heavy atom. The van der Waals surface area contributed by atoms with Crippen LogP contribution in [0.25, 0.3) is 0 Å². The van der Waals surface area contributed by atoms with Crippen molar-refractivity contribution in [1.29, 1.82) is 0 Å². The number of likely N-dealkylation sites (tertiary alicyclic amines) is 1. The Hall–Kier alpha value is -2.40. The summed E-state index contributed by atoms with van der Waals surface area (Å²) in [6.07, 6.45) is 2.83. The van der Waals surface area contributed by atoms with Crippen molar-refractivity contribution in [3.05, 3.63) is 60.3 Å². The average Bonchev–Trinajstić information content (AvgIpc) is 3.03. The fraction of sp³-hybridized carbons (Fsp3) is 0.333. The normalized spacial score (nSPS) is 19.4. The highest BCUT2D eigenvalue weighted by Gasteiger charge is 2.32. The Kier molecular flexibility index (Phi) is 4.88. The molecule has 2 atom stereocenters. The van der Waals surface area contributed by atoms with Crippen LogP contribution >= 0.6 is 0 Å². The van der Waals surface area contributed by atoms with Crippen LogP contribution in [-0.2, 0) is 4.79 Å². The lowest BCUT2D eigenvalue weighted by Crippen LogP contribution is -2.36. The number of rotatable bonds is 6. The zero-order valence-electron chi connectivity index (χ0n) is 13.1. The van der Waals surface area contributed by atoms with Gasteiger partial charge in [-0.1, -0.05) is 36.4 Å². The molecule has 0 unspecified atom stereocenters. The van der Waals surface area contributed by atoms with Gasteiger partial charge in [0, 0.05) is 19.3 Å². The fourth-order valence-electron chi connectivity index (χ4n) is 3.17. The summed E-state index contributed by atoms with van der Waals surface area (Å²) in [7, 11) is 0. The zero-order chi connectivity index (χ0) is 16.1. The highest BCUT2D eigenvalue weighted by Crippen LogP contribution is 2.27. The second-order valence-corrected chi connectivity index (χ2v) is 5.96. The number of nitrogens with one attached hydrogen (secondary N) is 1. The summed E-state index contributed by atoms with van der Waals surface area (Å²) in [6.45, 7) is 2.60. The Bertz CT molecular complexity index is 632. The number of amides is 1. The van der Waals surface area contributed by atoms with E-state index in [0.29, 0.717) is 5.92 Å². The third kappa shape index (κ3) is 3.87. The molecule has 1 aromatic heterocycles. The maximum atomic E-state index is 11.9. The van der Waals surface area contributed by atoms with Crippen molar-refractivity contribution in [2.45, 2.75) is 12.5 Å². The molecule has 2 heterocycles. The first kappa shape index (κ1) is 15.5. The molecule has 1 aromatic carbocycles. The number of nitrogens with two attached hydrogens (primary N) is 1. The fourth-order valence-corrected chi connectivity index (χ4v) is 3.17. The van der Waals surface area contributed by atoms with Gasteiger partial charge in [-0.2, -0.15) is 0 Å². The second-order valence-electron chi connectivity index (χ2n) is 5.96. The van der Waals surface area contributed by atoms with Gasteiger partial charge in [0.1, 0.15) is 11.9 Å².